The molecule has 0 bridgehead atoms. The lowest BCUT2D eigenvalue weighted by Gasteiger charge is -2.27. The van der Waals surface area contributed by atoms with Gasteiger partial charge in [-0.2, -0.15) is 4.98 Å². The summed E-state index contributed by atoms with van der Waals surface area (Å²) in [5, 5.41) is 17.4. The van der Waals surface area contributed by atoms with Gasteiger partial charge in [0.25, 0.3) is 0 Å². The molecule has 2 atom stereocenters. The fourth-order valence-electron chi connectivity index (χ4n) is 2.21. The average molecular weight is 292 g/mol. The minimum absolute atomic E-state index is 0.0550. The molecule has 2 heterocycles. The zero-order valence-corrected chi connectivity index (χ0v) is 11.7. The van der Waals surface area contributed by atoms with E-state index in [1.54, 1.807) is 0 Å². The fraction of sp³-hybridized carbons (Fsp3) is 0.700. The SMILES string of the molecule is CN(C)CC1CC(O)CN1c1nc(Cl)nnc1Cl. The van der Waals surface area contributed by atoms with Crippen LogP contribution in [-0.2, 0) is 0 Å². The Morgan fingerprint density at radius 1 is 1.39 bits per heavy atom. The Morgan fingerprint density at radius 2 is 2.11 bits per heavy atom. The molecule has 1 aromatic heterocycles. The van der Waals surface area contributed by atoms with Crippen LogP contribution >= 0.6 is 23.2 Å². The molecule has 0 radical (unpaired) electrons. The Morgan fingerprint density at radius 3 is 2.78 bits per heavy atom. The molecule has 0 aliphatic carbocycles. The van der Waals surface area contributed by atoms with E-state index in [0.29, 0.717) is 18.8 Å². The maximum atomic E-state index is 9.80. The molecule has 8 heteroatoms. The molecule has 1 aliphatic rings. The van der Waals surface area contributed by atoms with E-state index in [-0.39, 0.29) is 22.6 Å². The molecule has 1 fully saturated rings. The predicted molar refractivity (Wildman–Crippen MR) is 70.2 cm³/mol. The molecule has 1 saturated heterocycles. The normalized spacial score (nSPS) is 24.0. The molecular formula is C10H15Cl2N5O. The number of nitrogens with zero attached hydrogens (tertiary/aromatic N) is 5. The van der Waals surface area contributed by atoms with Crippen molar-refractivity contribution in [1.29, 1.82) is 0 Å². The number of hydrogen-bond donors (Lipinski definition) is 1. The Balaban J connectivity index is 2.26. The highest BCUT2D eigenvalue weighted by molar-refractivity contribution is 6.32. The summed E-state index contributed by atoms with van der Waals surface area (Å²) in [7, 11) is 3.96. The largest absolute Gasteiger partial charge is 0.391 e. The standard InChI is InChI=1S/C10H15Cl2N5O/c1-16(2)4-6-3-7(18)5-17(6)9-8(11)14-15-10(12)13-9/h6-7,18H,3-5H2,1-2H3. The molecule has 0 saturated carbocycles. The van der Waals surface area contributed by atoms with Crippen molar-refractivity contribution in [2.75, 3.05) is 32.1 Å². The number of aliphatic hydroxyl groups excluding tert-OH is 1. The van der Waals surface area contributed by atoms with Gasteiger partial charge in [-0.3, -0.25) is 0 Å². The van der Waals surface area contributed by atoms with E-state index in [1.807, 2.05) is 19.0 Å². The van der Waals surface area contributed by atoms with Crippen molar-refractivity contribution < 1.29 is 5.11 Å². The summed E-state index contributed by atoms with van der Waals surface area (Å²) >= 11 is 11.7. The van der Waals surface area contributed by atoms with Crippen LogP contribution in [0.3, 0.4) is 0 Å². The second kappa shape index (κ2) is 5.52. The van der Waals surface area contributed by atoms with Gasteiger partial charge in [-0.25, -0.2) is 0 Å². The zero-order chi connectivity index (χ0) is 13.3. The molecular weight excluding hydrogens is 277 g/mol. The molecule has 1 aromatic rings. The molecule has 6 nitrogen and oxygen atoms in total. The molecule has 1 N–H and O–H groups in total. The van der Waals surface area contributed by atoms with Gasteiger partial charge in [0, 0.05) is 19.1 Å². The minimum Gasteiger partial charge on any atom is -0.391 e. The summed E-state index contributed by atoms with van der Waals surface area (Å²) in [5.41, 5.74) is 0. The molecule has 18 heavy (non-hydrogen) atoms. The summed E-state index contributed by atoms with van der Waals surface area (Å²) in [6.07, 6.45) is 0.288. The van der Waals surface area contributed by atoms with Crippen LogP contribution in [0.2, 0.25) is 10.4 Å². The third kappa shape index (κ3) is 3.00. The van der Waals surface area contributed by atoms with Crippen LogP contribution in [0.1, 0.15) is 6.42 Å². The van der Waals surface area contributed by atoms with Gasteiger partial charge in [-0.05, 0) is 32.1 Å². The van der Waals surface area contributed by atoms with E-state index < -0.39 is 0 Å². The van der Waals surface area contributed by atoms with Crippen LogP contribution in [-0.4, -0.2) is 64.5 Å². The predicted octanol–water partition coefficient (Wildman–Crippen LogP) is 0.680. The van der Waals surface area contributed by atoms with Crippen LogP contribution in [0.4, 0.5) is 5.82 Å². The van der Waals surface area contributed by atoms with Crippen LogP contribution in [0, 0.1) is 0 Å². The molecule has 2 rings (SSSR count). The minimum atomic E-state index is -0.389. The zero-order valence-electron chi connectivity index (χ0n) is 10.2. The quantitative estimate of drug-likeness (QED) is 0.884. The average Bonchev–Trinajstić information content (AvgIpc) is 2.62. The van der Waals surface area contributed by atoms with E-state index >= 15 is 0 Å². The first-order valence-corrected chi connectivity index (χ1v) is 6.38. The third-order valence-electron chi connectivity index (χ3n) is 2.84. The molecule has 0 amide bonds. The molecule has 1 aliphatic heterocycles. The van der Waals surface area contributed by atoms with Crippen LogP contribution in [0.25, 0.3) is 0 Å². The van der Waals surface area contributed by atoms with Gasteiger partial charge in [0.1, 0.15) is 0 Å². The number of hydrogen-bond acceptors (Lipinski definition) is 6. The van der Waals surface area contributed by atoms with Gasteiger partial charge in [-0.1, -0.05) is 11.6 Å². The van der Waals surface area contributed by atoms with Crippen molar-refractivity contribution >= 4 is 29.0 Å². The van der Waals surface area contributed by atoms with E-state index in [4.69, 9.17) is 23.2 Å². The van der Waals surface area contributed by atoms with Crippen molar-refractivity contribution in [3.05, 3.63) is 10.4 Å². The van der Waals surface area contributed by atoms with Gasteiger partial charge >= 0.3 is 0 Å². The number of aliphatic hydroxyl groups is 1. The number of rotatable bonds is 3. The molecule has 2 unspecified atom stereocenters. The van der Waals surface area contributed by atoms with Gasteiger partial charge in [0.05, 0.1) is 6.10 Å². The number of halogens is 2. The van der Waals surface area contributed by atoms with Crippen molar-refractivity contribution in [1.82, 2.24) is 20.1 Å². The van der Waals surface area contributed by atoms with Gasteiger partial charge in [-0.15, -0.1) is 10.2 Å². The number of aromatic nitrogens is 3. The molecule has 0 spiro atoms. The number of likely N-dealkylation sites (N-methyl/N-ethyl adjacent to an activating group) is 1. The van der Waals surface area contributed by atoms with Crippen molar-refractivity contribution in [2.45, 2.75) is 18.6 Å². The van der Waals surface area contributed by atoms with E-state index in [9.17, 15) is 5.11 Å². The summed E-state index contributed by atoms with van der Waals surface area (Å²) < 4.78 is 0. The van der Waals surface area contributed by atoms with E-state index in [0.717, 1.165) is 6.54 Å². The van der Waals surface area contributed by atoms with E-state index in [1.165, 1.54) is 0 Å². The lowest BCUT2D eigenvalue weighted by atomic mass is 10.2. The highest BCUT2D eigenvalue weighted by Gasteiger charge is 2.33. The van der Waals surface area contributed by atoms with Crippen molar-refractivity contribution in [2.24, 2.45) is 0 Å². The lowest BCUT2D eigenvalue weighted by molar-refractivity contribution is 0.191. The first kappa shape index (κ1) is 13.7. The first-order valence-electron chi connectivity index (χ1n) is 5.62. The highest BCUT2D eigenvalue weighted by atomic mass is 35.5. The summed E-state index contributed by atoms with van der Waals surface area (Å²) in [5.74, 6) is 0.486. The van der Waals surface area contributed by atoms with Gasteiger partial charge in [0.2, 0.25) is 5.28 Å². The lowest BCUT2D eigenvalue weighted by Crippen LogP contribution is -2.38. The maximum Gasteiger partial charge on any atom is 0.245 e. The molecule has 100 valence electrons. The Hall–Kier alpha value is -0.690. The summed E-state index contributed by atoms with van der Waals surface area (Å²) in [4.78, 5) is 8.10. The Bertz CT molecular complexity index is 431. The Kier molecular flexibility index (Phi) is 4.21. The number of anilines is 1. The second-order valence-corrected chi connectivity index (χ2v) is 5.35. The fourth-order valence-corrected chi connectivity index (χ4v) is 2.52. The van der Waals surface area contributed by atoms with Crippen LogP contribution in [0.15, 0.2) is 0 Å². The smallest absolute Gasteiger partial charge is 0.245 e. The van der Waals surface area contributed by atoms with E-state index in [2.05, 4.69) is 20.1 Å². The van der Waals surface area contributed by atoms with Crippen LogP contribution < -0.4 is 4.90 Å². The summed E-state index contributed by atoms with van der Waals surface area (Å²) in [6.45, 7) is 1.28. The van der Waals surface area contributed by atoms with Gasteiger partial charge in [0.15, 0.2) is 11.0 Å². The topological polar surface area (TPSA) is 65.4 Å². The molecule has 0 aromatic carbocycles. The highest BCUT2D eigenvalue weighted by Crippen LogP contribution is 2.29. The second-order valence-electron chi connectivity index (χ2n) is 4.65. The summed E-state index contributed by atoms with van der Waals surface area (Å²) in [6, 6.07) is 0.139. The third-order valence-corrected chi connectivity index (χ3v) is 3.25. The number of β-amino-alcohol motifs (C(OH)–C–C–N with tert-alkyl or cyclic N) is 1. The first-order chi connectivity index (χ1) is 8.47. The Labute approximate surface area is 116 Å². The monoisotopic (exact) mass is 291 g/mol. The maximum absolute atomic E-state index is 9.80. The van der Waals surface area contributed by atoms with Crippen LogP contribution in [0.5, 0.6) is 0 Å². The van der Waals surface area contributed by atoms with Crippen molar-refractivity contribution in [3.8, 4) is 0 Å². The van der Waals surface area contributed by atoms with Gasteiger partial charge < -0.3 is 14.9 Å². The van der Waals surface area contributed by atoms with Crippen molar-refractivity contribution in [3.63, 3.8) is 0 Å².